The molecule has 2 aromatic rings. The summed E-state index contributed by atoms with van der Waals surface area (Å²) in [4.78, 5) is 0. The van der Waals surface area contributed by atoms with Gasteiger partial charge in [0.25, 0.3) is 0 Å². The van der Waals surface area contributed by atoms with E-state index in [2.05, 4.69) is 26.0 Å². The predicted molar refractivity (Wildman–Crippen MR) is 84.5 cm³/mol. The molecule has 2 heteroatoms. The first-order valence-electron chi connectivity index (χ1n) is 7.54. The standard InChI is InChI=1S/C19H22O2/c1-19(2)17(18(19)13-20)12-14-7-6-10-16(11-14)21-15-8-4-3-5-9-15/h3-11,17-18,20H,12-13H2,1-2H3/t17-,18+/m1/s1. The van der Waals surface area contributed by atoms with E-state index in [4.69, 9.17) is 4.74 Å². The summed E-state index contributed by atoms with van der Waals surface area (Å²) in [5.41, 5.74) is 1.53. The molecule has 1 saturated carbocycles. The number of hydrogen-bond donors (Lipinski definition) is 1. The highest BCUT2D eigenvalue weighted by molar-refractivity contribution is 5.34. The van der Waals surface area contributed by atoms with Gasteiger partial charge in [-0.15, -0.1) is 0 Å². The largest absolute Gasteiger partial charge is 0.457 e. The van der Waals surface area contributed by atoms with E-state index in [1.54, 1.807) is 0 Å². The molecule has 3 rings (SSSR count). The third kappa shape index (κ3) is 2.96. The average molecular weight is 282 g/mol. The van der Waals surface area contributed by atoms with Gasteiger partial charge in [-0.25, -0.2) is 0 Å². The average Bonchev–Trinajstić information content (AvgIpc) is 3.00. The second-order valence-corrected chi connectivity index (χ2v) is 6.48. The van der Waals surface area contributed by atoms with Crippen LogP contribution in [0.4, 0.5) is 0 Å². The monoisotopic (exact) mass is 282 g/mol. The lowest BCUT2D eigenvalue weighted by atomic mass is 10.0. The predicted octanol–water partition coefficient (Wildman–Crippen LogP) is 4.29. The third-order valence-corrected chi connectivity index (χ3v) is 4.82. The lowest BCUT2D eigenvalue weighted by Crippen LogP contribution is -1.95. The van der Waals surface area contributed by atoms with Crippen LogP contribution in [0.5, 0.6) is 11.5 Å². The summed E-state index contributed by atoms with van der Waals surface area (Å²) in [6, 6.07) is 18.1. The van der Waals surface area contributed by atoms with E-state index in [0.717, 1.165) is 17.9 Å². The summed E-state index contributed by atoms with van der Waals surface area (Å²) in [7, 11) is 0. The first-order valence-corrected chi connectivity index (χ1v) is 7.54. The minimum absolute atomic E-state index is 0.255. The van der Waals surface area contributed by atoms with Gasteiger partial charge >= 0.3 is 0 Å². The van der Waals surface area contributed by atoms with Crippen molar-refractivity contribution in [2.75, 3.05) is 6.61 Å². The molecule has 0 bridgehead atoms. The molecule has 0 aromatic heterocycles. The minimum Gasteiger partial charge on any atom is -0.457 e. The van der Waals surface area contributed by atoms with Gasteiger partial charge in [0.05, 0.1) is 0 Å². The zero-order valence-corrected chi connectivity index (χ0v) is 12.6. The molecule has 0 aliphatic heterocycles. The van der Waals surface area contributed by atoms with Gasteiger partial charge in [0, 0.05) is 6.61 Å². The van der Waals surface area contributed by atoms with Crippen molar-refractivity contribution in [2.24, 2.45) is 17.3 Å². The van der Waals surface area contributed by atoms with Gasteiger partial charge in [0.2, 0.25) is 0 Å². The van der Waals surface area contributed by atoms with Gasteiger partial charge < -0.3 is 9.84 Å². The fraction of sp³-hybridized carbons (Fsp3) is 0.368. The molecule has 1 fully saturated rings. The second-order valence-electron chi connectivity index (χ2n) is 6.48. The fourth-order valence-electron chi connectivity index (χ4n) is 3.24. The van der Waals surface area contributed by atoms with Crippen LogP contribution in [0.2, 0.25) is 0 Å². The Bertz CT molecular complexity index is 604. The van der Waals surface area contributed by atoms with Gasteiger partial charge in [-0.1, -0.05) is 44.2 Å². The van der Waals surface area contributed by atoms with Crippen LogP contribution < -0.4 is 4.74 Å². The van der Waals surface area contributed by atoms with Gasteiger partial charge in [0.1, 0.15) is 11.5 Å². The van der Waals surface area contributed by atoms with E-state index >= 15 is 0 Å². The molecule has 0 saturated heterocycles. The normalized spacial score (nSPS) is 22.8. The van der Waals surface area contributed by atoms with Crippen molar-refractivity contribution < 1.29 is 9.84 Å². The summed E-state index contributed by atoms with van der Waals surface area (Å²) in [6.45, 7) is 4.77. The molecule has 0 heterocycles. The van der Waals surface area contributed by atoms with Crippen LogP contribution in [0.1, 0.15) is 19.4 Å². The van der Waals surface area contributed by atoms with Gasteiger partial charge in [-0.05, 0) is 53.5 Å². The molecule has 1 aliphatic rings. The molecule has 2 aromatic carbocycles. The Hall–Kier alpha value is -1.80. The van der Waals surface area contributed by atoms with Crippen molar-refractivity contribution in [1.29, 1.82) is 0 Å². The van der Waals surface area contributed by atoms with Gasteiger partial charge in [0.15, 0.2) is 0 Å². The van der Waals surface area contributed by atoms with Crippen molar-refractivity contribution >= 4 is 0 Å². The first-order chi connectivity index (χ1) is 10.1. The summed E-state index contributed by atoms with van der Waals surface area (Å²) in [5.74, 6) is 2.72. The zero-order chi connectivity index (χ0) is 14.9. The van der Waals surface area contributed by atoms with E-state index in [-0.39, 0.29) is 12.0 Å². The number of para-hydroxylation sites is 1. The van der Waals surface area contributed by atoms with Crippen molar-refractivity contribution in [3.05, 3.63) is 60.2 Å². The number of aliphatic hydroxyl groups excluding tert-OH is 1. The lowest BCUT2D eigenvalue weighted by molar-refractivity contribution is 0.255. The SMILES string of the molecule is CC1(C)[C@H](Cc2cccc(Oc3ccccc3)c2)[C@@H]1CO. The Balaban J connectivity index is 1.70. The summed E-state index contributed by atoms with van der Waals surface area (Å²) >= 11 is 0. The maximum Gasteiger partial charge on any atom is 0.127 e. The van der Waals surface area contributed by atoms with Crippen LogP contribution >= 0.6 is 0 Å². The fourth-order valence-corrected chi connectivity index (χ4v) is 3.24. The van der Waals surface area contributed by atoms with E-state index in [1.165, 1.54) is 5.56 Å². The van der Waals surface area contributed by atoms with E-state index in [1.807, 2.05) is 42.5 Å². The maximum atomic E-state index is 9.41. The number of ether oxygens (including phenoxy) is 1. The summed E-state index contributed by atoms with van der Waals surface area (Å²) in [5, 5.41) is 9.41. The molecule has 1 aliphatic carbocycles. The van der Waals surface area contributed by atoms with Crippen molar-refractivity contribution in [1.82, 2.24) is 0 Å². The van der Waals surface area contributed by atoms with Crippen LogP contribution in [-0.2, 0) is 6.42 Å². The quantitative estimate of drug-likeness (QED) is 0.886. The zero-order valence-electron chi connectivity index (χ0n) is 12.6. The van der Waals surface area contributed by atoms with Crippen molar-refractivity contribution in [3.63, 3.8) is 0 Å². The first kappa shape index (κ1) is 14.2. The third-order valence-electron chi connectivity index (χ3n) is 4.82. The number of benzene rings is 2. The molecule has 0 spiro atoms. The van der Waals surface area contributed by atoms with Crippen LogP contribution in [0, 0.1) is 17.3 Å². The molecule has 1 N–H and O–H groups in total. The Morgan fingerprint density at radius 3 is 2.33 bits per heavy atom. The highest BCUT2D eigenvalue weighted by atomic mass is 16.5. The number of rotatable bonds is 5. The van der Waals surface area contributed by atoms with E-state index in [0.29, 0.717) is 11.8 Å². The number of hydrogen-bond acceptors (Lipinski definition) is 2. The Morgan fingerprint density at radius 2 is 1.67 bits per heavy atom. The molecule has 110 valence electrons. The Morgan fingerprint density at radius 1 is 0.952 bits per heavy atom. The van der Waals surface area contributed by atoms with Crippen molar-refractivity contribution in [2.45, 2.75) is 20.3 Å². The van der Waals surface area contributed by atoms with E-state index < -0.39 is 0 Å². The Kier molecular flexibility index (Phi) is 3.73. The van der Waals surface area contributed by atoms with Gasteiger partial charge in [-0.2, -0.15) is 0 Å². The minimum atomic E-state index is 0.255. The topological polar surface area (TPSA) is 29.5 Å². The smallest absolute Gasteiger partial charge is 0.127 e. The van der Waals surface area contributed by atoms with Crippen LogP contribution in [0.15, 0.2) is 54.6 Å². The second kappa shape index (κ2) is 5.53. The molecule has 0 radical (unpaired) electrons. The molecule has 0 amide bonds. The molecule has 21 heavy (non-hydrogen) atoms. The molecule has 0 unspecified atom stereocenters. The molecule has 2 nitrogen and oxygen atoms in total. The Labute approximate surface area is 126 Å². The van der Waals surface area contributed by atoms with Crippen molar-refractivity contribution in [3.8, 4) is 11.5 Å². The molecular weight excluding hydrogens is 260 g/mol. The lowest BCUT2D eigenvalue weighted by Gasteiger charge is -2.08. The maximum absolute atomic E-state index is 9.41. The molecular formula is C19H22O2. The van der Waals surface area contributed by atoms with Crippen LogP contribution in [-0.4, -0.2) is 11.7 Å². The molecule has 2 atom stereocenters. The van der Waals surface area contributed by atoms with Gasteiger partial charge in [-0.3, -0.25) is 0 Å². The van der Waals surface area contributed by atoms with Crippen LogP contribution in [0.3, 0.4) is 0 Å². The number of aliphatic hydroxyl groups is 1. The highest BCUT2D eigenvalue weighted by Crippen LogP contribution is 2.59. The van der Waals surface area contributed by atoms with E-state index in [9.17, 15) is 5.11 Å². The summed E-state index contributed by atoms with van der Waals surface area (Å²) < 4.78 is 5.88. The highest BCUT2D eigenvalue weighted by Gasteiger charge is 2.56. The van der Waals surface area contributed by atoms with Crippen LogP contribution in [0.25, 0.3) is 0 Å². The summed E-state index contributed by atoms with van der Waals surface area (Å²) in [6.07, 6.45) is 1.00.